The van der Waals surface area contributed by atoms with Crippen molar-refractivity contribution in [3.63, 3.8) is 0 Å². The molecule has 0 radical (unpaired) electrons. The van der Waals surface area contributed by atoms with Crippen molar-refractivity contribution < 1.29 is 22.8 Å². The number of aryl methyl sites for hydroxylation is 3. The number of imidazole rings is 1. The Morgan fingerprint density at radius 2 is 1.70 bits per heavy atom. The molecule has 2 aliphatic carbocycles. The molecule has 5 atom stereocenters. The number of nitrogens with zero attached hydrogens (tertiary/aromatic N) is 9. The normalized spacial score (nSPS) is 23.9. The minimum absolute atomic E-state index is 0.0146. The van der Waals surface area contributed by atoms with Gasteiger partial charge in [0.25, 0.3) is 5.91 Å². The summed E-state index contributed by atoms with van der Waals surface area (Å²) in [4.78, 5) is 47.9. The number of ether oxygens (including phenoxy) is 1. The van der Waals surface area contributed by atoms with Crippen molar-refractivity contribution in [2.24, 2.45) is 13.0 Å². The van der Waals surface area contributed by atoms with E-state index in [2.05, 4.69) is 44.9 Å². The van der Waals surface area contributed by atoms with E-state index in [0.717, 1.165) is 48.9 Å². The first-order valence-electron chi connectivity index (χ1n) is 23.3. The molecule has 13 rings (SSSR count). The van der Waals surface area contributed by atoms with Gasteiger partial charge in [0.15, 0.2) is 11.6 Å². The maximum absolute atomic E-state index is 16.2. The monoisotopic (exact) mass is 906 g/mol. The van der Waals surface area contributed by atoms with E-state index in [4.69, 9.17) is 14.4 Å². The molecule has 3 aromatic carbocycles. The highest BCUT2D eigenvalue weighted by molar-refractivity contribution is 6.00. The van der Waals surface area contributed by atoms with Crippen molar-refractivity contribution in [3.05, 3.63) is 139 Å². The molecule has 8 aromatic rings. The first-order chi connectivity index (χ1) is 32.3. The summed E-state index contributed by atoms with van der Waals surface area (Å²) in [5, 5.41) is 14.8. The molecule has 1 unspecified atom stereocenters. The Bertz CT molecular complexity index is 3500. The second-order valence-electron chi connectivity index (χ2n) is 19.8. The highest BCUT2D eigenvalue weighted by atomic mass is 19.1. The van der Waals surface area contributed by atoms with E-state index in [1.807, 2.05) is 11.0 Å². The Morgan fingerprint density at radius 1 is 0.925 bits per heavy atom. The van der Waals surface area contributed by atoms with E-state index >= 15 is 13.6 Å². The third-order valence-corrected chi connectivity index (χ3v) is 16.0. The molecule has 5 aliphatic rings. The highest BCUT2D eigenvalue weighted by Crippen LogP contribution is 2.57. The zero-order valence-corrected chi connectivity index (χ0v) is 37.6. The van der Waals surface area contributed by atoms with Gasteiger partial charge in [-0.3, -0.25) is 28.1 Å². The Morgan fingerprint density at radius 3 is 2.43 bits per heavy atom. The van der Waals surface area contributed by atoms with Crippen molar-refractivity contribution >= 4 is 27.7 Å². The fourth-order valence-corrected chi connectivity index (χ4v) is 12.4. The number of hydrogen-bond donors (Lipinski definition) is 1. The zero-order chi connectivity index (χ0) is 45.8. The molecule has 5 aromatic heterocycles. The van der Waals surface area contributed by atoms with E-state index in [1.54, 1.807) is 60.7 Å². The first kappa shape index (κ1) is 40.4. The number of hydrogen-bond acceptors (Lipinski definition) is 8. The van der Waals surface area contributed by atoms with Crippen LogP contribution in [0.25, 0.3) is 39.0 Å². The Balaban J connectivity index is 0.964. The lowest BCUT2D eigenvalue weighted by molar-refractivity contribution is -0.133. The molecule has 17 heteroatoms. The summed E-state index contributed by atoms with van der Waals surface area (Å²) in [6.45, 7) is 6.19. The summed E-state index contributed by atoms with van der Waals surface area (Å²) in [6.07, 6.45) is 12.1. The molecular weight excluding hydrogens is 859 g/mol. The summed E-state index contributed by atoms with van der Waals surface area (Å²) in [6, 6.07) is 14.5. The largest absolute Gasteiger partial charge is 0.438 e. The molecule has 15 nitrogen and oxygen atoms in total. The van der Waals surface area contributed by atoms with Crippen LogP contribution in [-0.2, 0) is 23.7 Å². The van der Waals surface area contributed by atoms with Crippen LogP contribution in [0, 0.1) is 31.4 Å². The molecule has 8 heterocycles. The van der Waals surface area contributed by atoms with Gasteiger partial charge in [0, 0.05) is 55.0 Å². The summed E-state index contributed by atoms with van der Waals surface area (Å²) in [7, 11) is 1.73. The van der Waals surface area contributed by atoms with E-state index in [0.29, 0.717) is 76.8 Å². The average molecular weight is 907 g/mol. The van der Waals surface area contributed by atoms with Crippen LogP contribution in [0.5, 0.6) is 0 Å². The van der Waals surface area contributed by atoms with Gasteiger partial charge in [-0.25, -0.2) is 23.1 Å². The van der Waals surface area contributed by atoms with Gasteiger partial charge in [-0.15, -0.1) is 0 Å². The number of halogens is 2. The summed E-state index contributed by atoms with van der Waals surface area (Å²) in [5.74, 6) is -0.662. The first-order valence-corrected chi connectivity index (χ1v) is 23.3. The second-order valence-corrected chi connectivity index (χ2v) is 19.8. The molecule has 2 saturated carbocycles. The third-order valence-electron chi connectivity index (χ3n) is 16.0. The lowest BCUT2D eigenvalue weighted by Gasteiger charge is -2.47. The molecule has 1 amide bonds. The lowest BCUT2D eigenvalue weighted by Crippen LogP contribution is -2.44. The highest BCUT2D eigenvalue weighted by Gasteiger charge is 2.60. The second kappa shape index (κ2) is 14.1. The molecule has 2 saturated heterocycles. The Kier molecular flexibility index (Phi) is 8.49. The smallest absolute Gasteiger partial charge is 0.375 e. The van der Waals surface area contributed by atoms with Crippen LogP contribution in [-0.4, -0.2) is 72.5 Å². The van der Waals surface area contributed by atoms with Gasteiger partial charge in [-0.1, -0.05) is 18.1 Å². The molecular formula is C50H48F2N10O5. The van der Waals surface area contributed by atoms with E-state index < -0.39 is 28.8 Å². The van der Waals surface area contributed by atoms with Crippen molar-refractivity contribution in [1.29, 1.82) is 0 Å². The van der Waals surface area contributed by atoms with Crippen molar-refractivity contribution in [1.82, 2.24) is 48.3 Å². The fraction of sp³-hybridized carbons (Fsp3) is 0.400. The van der Waals surface area contributed by atoms with Gasteiger partial charge in [0.1, 0.15) is 22.9 Å². The predicted octanol–water partition coefficient (Wildman–Crippen LogP) is 7.73. The minimum Gasteiger partial charge on any atom is -0.375 e. The number of aromatic amines is 1. The number of carbonyl (C=O) groups excluding carboxylic acids is 1. The SMILES string of the molecule is Cc1cc(-n2nc3c(c2-n2ccn(-c4ccc5c(cnn5C)c4F)c2=O)[C@@H]2CC[C@H](C3)N2C(=O)c2cc3cc(C4CCOC5(CCC5)C4)ccc3n2[C@@]2(c3noc(=O)[nH]3)C[C@@H]2C)cc(C)c1F. The van der Waals surface area contributed by atoms with Gasteiger partial charge >= 0.3 is 11.4 Å². The van der Waals surface area contributed by atoms with Gasteiger partial charge in [0.05, 0.1) is 45.8 Å². The van der Waals surface area contributed by atoms with Crippen LogP contribution in [0.4, 0.5) is 8.78 Å². The van der Waals surface area contributed by atoms with Crippen LogP contribution in [0.15, 0.2) is 81.2 Å². The molecule has 1 N–H and O–H groups in total. The summed E-state index contributed by atoms with van der Waals surface area (Å²) >= 11 is 0. The fourth-order valence-electron chi connectivity index (χ4n) is 12.4. The number of carbonyl (C=O) groups is 1. The summed E-state index contributed by atoms with van der Waals surface area (Å²) < 4.78 is 50.8. The van der Waals surface area contributed by atoms with Crippen LogP contribution in [0.2, 0.25) is 0 Å². The van der Waals surface area contributed by atoms with Crippen molar-refractivity contribution in [3.8, 4) is 17.2 Å². The minimum atomic E-state index is -0.840. The van der Waals surface area contributed by atoms with Crippen molar-refractivity contribution in [2.75, 3.05) is 6.61 Å². The van der Waals surface area contributed by atoms with E-state index in [-0.39, 0.29) is 40.4 Å². The van der Waals surface area contributed by atoms with E-state index in [1.165, 1.54) is 33.5 Å². The lowest BCUT2D eigenvalue weighted by atomic mass is 9.70. The summed E-state index contributed by atoms with van der Waals surface area (Å²) in [5.41, 5.74) is 4.56. The molecule has 2 bridgehead atoms. The van der Waals surface area contributed by atoms with Crippen LogP contribution >= 0.6 is 0 Å². The number of fused-ring (bicyclic) bond motifs is 6. The number of aromatic nitrogens is 9. The molecule has 1 spiro atoms. The van der Waals surface area contributed by atoms with Crippen LogP contribution in [0.3, 0.4) is 0 Å². The molecule has 3 aliphatic heterocycles. The predicted molar refractivity (Wildman–Crippen MR) is 242 cm³/mol. The van der Waals surface area contributed by atoms with E-state index in [9.17, 15) is 9.59 Å². The number of H-pyrrole nitrogens is 1. The van der Waals surface area contributed by atoms with Crippen molar-refractivity contribution in [2.45, 2.75) is 108 Å². The molecule has 342 valence electrons. The average Bonchev–Trinajstić information content (AvgIpc) is 4.02. The number of nitrogens with one attached hydrogen (secondary N) is 1. The van der Waals surface area contributed by atoms with Gasteiger partial charge in [-0.05, 0) is 136 Å². The number of amides is 1. The number of rotatable bonds is 7. The molecule has 67 heavy (non-hydrogen) atoms. The Hall–Kier alpha value is -6.88. The zero-order valence-electron chi connectivity index (χ0n) is 37.6. The van der Waals surface area contributed by atoms with Crippen LogP contribution in [0.1, 0.15) is 115 Å². The standard InChI is InChI=1S/C50H48F2N10O5/c1-26-18-33(19-27(2)42(26)51)62-44(59-16-15-58(48(59)65)39-11-10-37-34(43(39)52)25-53-57(37)4)41-35(55-62)22-32-7-9-38(41)60(32)45(63)40-21-31-20-29(30-12-17-66-49(24-30)13-5-14-49)6-8-36(31)61(40)50(23-28(50)3)46-54-47(64)67-56-46/h6,8,10-11,15-16,18-21,25,28,30,32,38H,5,7,9,12-14,17,22-24H2,1-4H3,(H,54,56,64)/t28-,30?,32+,38-,50-/m0/s1. The maximum Gasteiger partial charge on any atom is 0.438 e. The quantitative estimate of drug-likeness (QED) is 0.170. The Labute approximate surface area is 381 Å². The third kappa shape index (κ3) is 5.69. The van der Waals surface area contributed by atoms with Gasteiger partial charge < -0.3 is 14.2 Å². The van der Waals surface area contributed by atoms with Gasteiger partial charge in [-0.2, -0.15) is 10.2 Å². The van der Waals surface area contributed by atoms with Crippen LogP contribution < -0.4 is 11.4 Å². The maximum atomic E-state index is 16.2. The topological polar surface area (TPSA) is 156 Å². The number of benzene rings is 3. The molecule has 4 fully saturated rings. The van der Waals surface area contributed by atoms with Gasteiger partial charge in [0.2, 0.25) is 0 Å².